The smallest absolute Gasteiger partial charge is 0.107 e. The molecular formula is C13H19N3O. The molecule has 2 aliphatic heterocycles. The van der Waals surface area contributed by atoms with E-state index in [9.17, 15) is 0 Å². The summed E-state index contributed by atoms with van der Waals surface area (Å²) in [5, 5.41) is 3.43. The van der Waals surface area contributed by atoms with Crippen molar-refractivity contribution in [3.8, 4) is 0 Å². The second-order valence-electron chi connectivity index (χ2n) is 5.27. The van der Waals surface area contributed by atoms with Crippen molar-refractivity contribution in [3.63, 3.8) is 0 Å². The summed E-state index contributed by atoms with van der Waals surface area (Å²) in [6.07, 6.45) is 9.31. The van der Waals surface area contributed by atoms with Crippen LogP contribution in [-0.2, 0) is 4.74 Å². The van der Waals surface area contributed by atoms with E-state index in [-0.39, 0.29) is 11.5 Å². The Bertz CT molecular complexity index is 376. The number of nitrogens with one attached hydrogen (secondary N) is 1. The predicted molar refractivity (Wildman–Crippen MR) is 64.5 cm³/mol. The summed E-state index contributed by atoms with van der Waals surface area (Å²) >= 11 is 0. The summed E-state index contributed by atoms with van der Waals surface area (Å²) in [4.78, 5) is 8.61. The maximum atomic E-state index is 6.11. The molecule has 0 aromatic carbocycles. The Morgan fingerprint density at radius 1 is 1.35 bits per heavy atom. The number of ether oxygens (including phenoxy) is 1. The SMILES string of the molecule is CC1CC2(CCNCC2)C(c2cnccn2)O1. The minimum Gasteiger partial charge on any atom is -0.368 e. The molecule has 0 radical (unpaired) electrons. The van der Waals surface area contributed by atoms with Crippen LogP contribution in [0.4, 0.5) is 0 Å². The first-order valence-electron chi connectivity index (χ1n) is 6.42. The molecule has 4 heteroatoms. The number of hydrogen-bond acceptors (Lipinski definition) is 4. The van der Waals surface area contributed by atoms with Crippen LogP contribution in [0, 0.1) is 5.41 Å². The van der Waals surface area contributed by atoms with Crippen LogP contribution in [0.5, 0.6) is 0 Å². The summed E-state index contributed by atoms with van der Waals surface area (Å²) in [5.74, 6) is 0. The van der Waals surface area contributed by atoms with Crippen molar-refractivity contribution < 1.29 is 4.74 Å². The third-order valence-corrected chi connectivity index (χ3v) is 4.07. The summed E-state index contributed by atoms with van der Waals surface area (Å²) in [6.45, 7) is 4.35. The number of rotatable bonds is 1. The molecule has 1 spiro atoms. The first kappa shape index (κ1) is 11.1. The van der Waals surface area contributed by atoms with E-state index in [1.165, 1.54) is 12.8 Å². The lowest BCUT2D eigenvalue weighted by Gasteiger charge is -2.37. The van der Waals surface area contributed by atoms with Gasteiger partial charge in [0, 0.05) is 17.8 Å². The van der Waals surface area contributed by atoms with Gasteiger partial charge in [-0.05, 0) is 39.3 Å². The molecule has 0 aliphatic carbocycles. The molecule has 2 aliphatic rings. The van der Waals surface area contributed by atoms with Crippen molar-refractivity contribution >= 4 is 0 Å². The zero-order valence-corrected chi connectivity index (χ0v) is 10.2. The van der Waals surface area contributed by atoms with Crippen molar-refractivity contribution in [2.45, 2.75) is 38.4 Å². The van der Waals surface area contributed by atoms with Crippen LogP contribution in [0.2, 0.25) is 0 Å². The lowest BCUT2D eigenvalue weighted by molar-refractivity contribution is 0.00245. The number of hydrogen-bond donors (Lipinski definition) is 1. The highest BCUT2D eigenvalue weighted by Crippen LogP contribution is 2.52. The molecule has 1 N–H and O–H groups in total. The quantitative estimate of drug-likeness (QED) is 0.802. The Hall–Kier alpha value is -1.00. The summed E-state index contributed by atoms with van der Waals surface area (Å²) in [6, 6.07) is 0. The first-order valence-corrected chi connectivity index (χ1v) is 6.42. The third kappa shape index (κ3) is 1.96. The largest absolute Gasteiger partial charge is 0.368 e. The molecule has 2 unspecified atom stereocenters. The molecular weight excluding hydrogens is 214 g/mol. The number of nitrogens with zero attached hydrogens (tertiary/aromatic N) is 2. The van der Waals surface area contributed by atoms with Crippen molar-refractivity contribution in [3.05, 3.63) is 24.3 Å². The van der Waals surface area contributed by atoms with Gasteiger partial charge in [0.15, 0.2) is 0 Å². The lowest BCUT2D eigenvalue weighted by atomic mass is 9.72. The van der Waals surface area contributed by atoms with E-state index < -0.39 is 0 Å². The molecule has 3 rings (SSSR count). The average Bonchev–Trinajstić information content (AvgIpc) is 2.68. The summed E-state index contributed by atoms with van der Waals surface area (Å²) in [5.41, 5.74) is 1.28. The second-order valence-corrected chi connectivity index (χ2v) is 5.27. The van der Waals surface area contributed by atoms with E-state index in [1.807, 2.05) is 6.20 Å². The van der Waals surface area contributed by atoms with Gasteiger partial charge >= 0.3 is 0 Å². The zero-order chi connectivity index (χ0) is 11.7. The Balaban J connectivity index is 1.91. The monoisotopic (exact) mass is 233 g/mol. The zero-order valence-electron chi connectivity index (χ0n) is 10.2. The molecule has 0 amide bonds. The highest BCUT2D eigenvalue weighted by atomic mass is 16.5. The van der Waals surface area contributed by atoms with Crippen molar-refractivity contribution in [1.29, 1.82) is 0 Å². The molecule has 3 heterocycles. The minimum absolute atomic E-state index is 0.133. The normalized spacial score (nSPS) is 31.8. The Labute approximate surface area is 102 Å². The third-order valence-electron chi connectivity index (χ3n) is 4.07. The van der Waals surface area contributed by atoms with E-state index in [1.54, 1.807) is 12.4 Å². The molecule has 17 heavy (non-hydrogen) atoms. The van der Waals surface area contributed by atoms with Gasteiger partial charge in [-0.1, -0.05) is 0 Å². The van der Waals surface area contributed by atoms with Crippen LogP contribution < -0.4 is 5.32 Å². The van der Waals surface area contributed by atoms with Crippen molar-refractivity contribution in [2.24, 2.45) is 5.41 Å². The molecule has 2 fully saturated rings. The van der Waals surface area contributed by atoms with Gasteiger partial charge in [0.05, 0.1) is 18.0 Å². The lowest BCUT2D eigenvalue weighted by Crippen LogP contribution is -2.38. The molecule has 1 aromatic heterocycles. The summed E-state index contributed by atoms with van der Waals surface area (Å²) < 4.78 is 6.11. The fourth-order valence-corrected chi connectivity index (χ4v) is 3.32. The molecule has 0 bridgehead atoms. The van der Waals surface area contributed by atoms with Crippen LogP contribution >= 0.6 is 0 Å². The van der Waals surface area contributed by atoms with Gasteiger partial charge in [-0.2, -0.15) is 0 Å². The van der Waals surface area contributed by atoms with E-state index in [4.69, 9.17) is 4.74 Å². The van der Waals surface area contributed by atoms with Gasteiger partial charge < -0.3 is 10.1 Å². The van der Waals surface area contributed by atoms with Gasteiger partial charge in [-0.3, -0.25) is 9.97 Å². The molecule has 92 valence electrons. The predicted octanol–water partition coefficient (Wildman–Crippen LogP) is 1.70. The standard InChI is InChI=1S/C13H19N3O/c1-10-8-13(2-4-14-5-3-13)12(17-10)11-9-15-6-7-16-11/h6-7,9-10,12,14H,2-5,8H2,1H3. The average molecular weight is 233 g/mol. The van der Waals surface area contributed by atoms with E-state index >= 15 is 0 Å². The van der Waals surface area contributed by atoms with Gasteiger partial charge in [-0.15, -0.1) is 0 Å². The maximum Gasteiger partial charge on any atom is 0.107 e. The fraction of sp³-hybridized carbons (Fsp3) is 0.692. The molecule has 1 aromatic rings. The Morgan fingerprint density at radius 2 is 2.18 bits per heavy atom. The van der Waals surface area contributed by atoms with Gasteiger partial charge in [0.1, 0.15) is 6.10 Å². The van der Waals surface area contributed by atoms with E-state index in [0.29, 0.717) is 6.10 Å². The van der Waals surface area contributed by atoms with E-state index in [2.05, 4.69) is 22.2 Å². The first-order chi connectivity index (χ1) is 8.30. The molecule has 0 saturated carbocycles. The van der Waals surface area contributed by atoms with Crippen molar-refractivity contribution in [1.82, 2.24) is 15.3 Å². The number of piperidine rings is 1. The van der Waals surface area contributed by atoms with Crippen LogP contribution in [0.3, 0.4) is 0 Å². The van der Waals surface area contributed by atoms with E-state index in [0.717, 1.165) is 25.2 Å². The second kappa shape index (κ2) is 4.35. The van der Waals surface area contributed by atoms with Crippen LogP contribution in [0.25, 0.3) is 0 Å². The van der Waals surface area contributed by atoms with Crippen LogP contribution in [0.1, 0.15) is 38.0 Å². The molecule has 2 atom stereocenters. The van der Waals surface area contributed by atoms with Crippen LogP contribution in [0.15, 0.2) is 18.6 Å². The highest BCUT2D eigenvalue weighted by molar-refractivity contribution is 5.10. The highest BCUT2D eigenvalue weighted by Gasteiger charge is 2.48. The minimum atomic E-state index is 0.133. The van der Waals surface area contributed by atoms with Crippen LogP contribution in [-0.4, -0.2) is 29.2 Å². The Kier molecular flexibility index (Phi) is 2.84. The Morgan fingerprint density at radius 3 is 2.88 bits per heavy atom. The topological polar surface area (TPSA) is 47.0 Å². The van der Waals surface area contributed by atoms with Gasteiger partial charge in [0.25, 0.3) is 0 Å². The van der Waals surface area contributed by atoms with Crippen molar-refractivity contribution in [2.75, 3.05) is 13.1 Å². The van der Waals surface area contributed by atoms with Gasteiger partial charge in [0.2, 0.25) is 0 Å². The number of aromatic nitrogens is 2. The molecule has 2 saturated heterocycles. The molecule has 4 nitrogen and oxygen atoms in total. The van der Waals surface area contributed by atoms with Gasteiger partial charge in [-0.25, -0.2) is 0 Å². The summed E-state index contributed by atoms with van der Waals surface area (Å²) in [7, 11) is 0. The fourth-order valence-electron chi connectivity index (χ4n) is 3.32. The maximum absolute atomic E-state index is 6.11.